The first-order valence-corrected chi connectivity index (χ1v) is 10.5. The number of hydrogen-bond acceptors (Lipinski definition) is 5. The maximum absolute atomic E-state index is 13.0. The van der Waals surface area contributed by atoms with Crippen LogP contribution in [0.4, 0.5) is 0 Å². The van der Waals surface area contributed by atoms with E-state index in [4.69, 9.17) is 9.40 Å². The Morgan fingerprint density at radius 3 is 2.52 bits per heavy atom. The summed E-state index contributed by atoms with van der Waals surface area (Å²) in [7, 11) is 0. The zero-order chi connectivity index (χ0) is 20.7. The topological polar surface area (TPSA) is 65.1 Å². The molecule has 2 heterocycles. The summed E-state index contributed by atoms with van der Waals surface area (Å²) >= 11 is 1.46. The molecule has 148 valence electrons. The number of hydrogen-bond donors (Lipinski definition) is 0. The maximum Gasteiger partial charge on any atom is 0.336 e. The first-order valence-electron chi connectivity index (χ1n) is 9.53. The van der Waals surface area contributed by atoms with Crippen molar-refractivity contribution < 1.29 is 4.42 Å². The summed E-state index contributed by atoms with van der Waals surface area (Å²) in [6, 6.07) is 12.8. The minimum absolute atomic E-state index is 0.0235. The molecule has 0 aliphatic heterocycles. The Bertz CT molecular complexity index is 1350. The standard InChI is InChI=1S/C23H22N2O3S/c1-13(2)25-22(27)17-7-5-6-8-19(17)24-23(25)29-12-16-11-21(26)28-20-10-15(4)14(3)9-18(16)20/h5-11,13H,12H2,1-4H3. The van der Waals surface area contributed by atoms with Gasteiger partial charge in [0.2, 0.25) is 0 Å². The Hall–Kier alpha value is -2.86. The molecule has 0 aliphatic rings. The monoisotopic (exact) mass is 406 g/mol. The Labute approximate surface area is 172 Å². The van der Waals surface area contributed by atoms with Gasteiger partial charge in [0.15, 0.2) is 5.16 Å². The summed E-state index contributed by atoms with van der Waals surface area (Å²) in [4.78, 5) is 29.8. The van der Waals surface area contributed by atoms with Crippen molar-refractivity contribution in [1.29, 1.82) is 0 Å². The van der Waals surface area contributed by atoms with Crippen molar-refractivity contribution in [2.24, 2.45) is 0 Å². The van der Waals surface area contributed by atoms with Gasteiger partial charge in [0.1, 0.15) is 5.58 Å². The normalized spacial score (nSPS) is 11.6. The largest absolute Gasteiger partial charge is 0.423 e. The van der Waals surface area contributed by atoms with Gasteiger partial charge in [0.05, 0.1) is 10.9 Å². The molecule has 0 saturated carbocycles. The van der Waals surface area contributed by atoms with Crippen molar-refractivity contribution in [2.45, 2.75) is 44.6 Å². The second-order valence-electron chi connectivity index (χ2n) is 7.49. The van der Waals surface area contributed by atoms with E-state index in [2.05, 4.69) is 0 Å². The van der Waals surface area contributed by atoms with Crippen molar-refractivity contribution >= 4 is 33.6 Å². The average molecular weight is 407 g/mol. The van der Waals surface area contributed by atoms with Gasteiger partial charge in [-0.2, -0.15) is 0 Å². The highest BCUT2D eigenvalue weighted by Crippen LogP contribution is 2.28. The maximum atomic E-state index is 13.0. The van der Waals surface area contributed by atoms with Crippen LogP contribution in [0.2, 0.25) is 0 Å². The molecule has 0 unspecified atom stereocenters. The average Bonchev–Trinajstić information content (AvgIpc) is 2.67. The summed E-state index contributed by atoms with van der Waals surface area (Å²) in [5.41, 5.74) is 3.95. The first kappa shape index (κ1) is 19.5. The molecule has 0 saturated heterocycles. The molecule has 0 radical (unpaired) electrons. The second-order valence-corrected chi connectivity index (χ2v) is 8.43. The Morgan fingerprint density at radius 1 is 1.03 bits per heavy atom. The molecule has 2 aromatic carbocycles. The third-order valence-electron chi connectivity index (χ3n) is 5.09. The Kier molecular flexibility index (Phi) is 5.04. The second kappa shape index (κ2) is 7.52. The third kappa shape index (κ3) is 3.60. The van der Waals surface area contributed by atoms with Crippen LogP contribution in [0.1, 0.15) is 36.6 Å². The van der Waals surface area contributed by atoms with E-state index in [1.807, 2.05) is 58.0 Å². The van der Waals surface area contributed by atoms with E-state index in [9.17, 15) is 9.59 Å². The van der Waals surface area contributed by atoms with Crippen LogP contribution in [0.5, 0.6) is 0 Å². The van der Waals surface area contributed by atoms with E-state index in [0.29, 0.717) is 27.4 Å². The fourth-order valence-electron chi connectivity index (χ4n) is 3.43. The predicted octanol–water partition coefficient (Wildman–Crippen LogP) is 4.99. The number of fused-ring (bicyclic) bond motifs is 2. The van der Waals surface area contributed by atoms with Crippen molar-refractivity contribution in [2.75, 3.05) is 0 Å². The lowest BCUT2D eigenvalue weighted by Crippen LogP contribution is -2.25. The number of aromatic nitrogens is 2. The predicted molar refractivity (Wildman–Crippen MR) is 118 cm³/mol. The summed E-state index contributed by atoms with van der Waals surface area (Å²) in [5.74, 6) is 0.516. The number of nitrogens with zero attached hydrogens (tertiary/aromatic N) is 2. The number of thioether (sulfide) groups is 1. The number of aryl methyl sites for hydroxylation is 2. The van der Waals surface area contributed by atoms with Gasteiger partial charge in [0.25, 0.3) is 5.56 Å². The molecule has 4 rings (SSSR count). The summed E-state index contributed by atoms with van der Waals surface area (Å²) in [6.45, 7) is 7.98. The van der Waals surface area contributed by atoms with Gasteiger partial charge in [0, 0.05) is 23.2 Å². The van der Waals surface area contributed by atoms with E-state index in [1.165, 1.54) is 17.8 Å². The van der Waals surface area contributed by atoms with Gasteiger partial charge < -0.3 is 4.42 Å². The number of benzene rings is 2. The molecule has 2 aromatic heterocycles. The quantitative estimate of drug-likeness (QED) is 0.271. The van der Waals surface area contributed by atoms with Crippen LogP contribution in [0.25, 0.3) is 21.9 Å². The lowest BCUT2D eigenvalue weighted by Gasteiger charge is -2.16. The van der Waals surface area contributed by atoms with Crippen LogP contribution >= 0.6 is 11.8 Å². The SMILES string of the molecule is Cc1cc2oc(=O)cc(CSc3nc4ccccc4c(=O)n3C(C)C)c2cc1C. The Morgan fingerprint density at radius 2 is 1.76 bits per heavy atom. The molecule has 0 amide bonds. The van der Waals surface area contributed by atoms with Crippen LogP contribution in [-0.2, 0) is 5.75 Å². The highest BCUT2D eigenvalue weighted by molar-refractivity contribution is 7.98. The van der Waals surface area contributed by atoms with Crippen LogP contribution in [0, 0.1) is 13.8 Å². The fraction of sp³-hybridized carbons (Fsp3) is 0.261. The van der Waals surface area contributed by atoms with Gasteiger partial charge >= 0.3 is 5.63 Å². The minimum Gasteiger partial charge on any atom is -0.423 e. The van der Waals surface area contributed by atoms with Crippen molar-refractivity contribution in [1.82, 2.24) is 9.55 Å². The highest BCUT2D eigenvalue weighted by atomic mass is 32.2. The van der Waals surface area contributed by atoms with Crippen molar-refractivity contribution in [3.63, 3.8) is 0 Å². The lowest BCUT2D eigenvalue weighted by molar-refractivity contribution is 0.519. The molecule has 0 atom stereocenters. The molecule has 0 N–H and O–H groups in total. The first-order chi connectivity index (χ1) is 13.8. The molecule has 6 heteroatoms. The summed E-state index contributed by atoms with van der Waals surface area (Å²) < 4.78 is 7.11. The van der Waals surface area contributed by atoms with Crippen LogP contribution in [0.15, 0.2) is 61.6 Å². The van der Waals surface area contributed by atoms with Gasteiger partial charge in [-0.25, -0.2) is 9.78 Å². The Balaban J connectivity index is 1.81. The van der Waals surface area contributed by atoms with Crippen LogP contribution < -0.4 is 11.2 Å². The van der Waals surface area contributed by atoms with E-state index in [0.717, 1.165) is 22.1 Å². The van der Waals surface area contributed by atoms with Gasteiger partial charge in [-0.05, 0) is 68.7 Å². The van der Waals surface area contributed by atoms with Crippen molar-refractivity contribution in [3.8, 4) is 0 Å². The molecule has 0 aliphatic carbocycles. The van der Waals surface area contributed by atoms with E-state index < -0.39 is 0 Å². The van der Waals surface area contributed by atoms with Gasteiger partial charge in [-0.3, -0.25) is 9.36 Å². The lowest BCUT2D eigenvalue weighted by atomic mass is 10.0. The molecule has 5 nitrogen and oxygen atoms in total. The van der Waals surface area contributed by atoms with Gasteiger partial charge in [-0.15, -0.1) is 0 Å². The molecular weight excluding hydrogens is 384 g/mol. The summed E-state index contributed by atoms with van der Waals surface area (Å²) in [5, 5.41) is 2.18. The summed E-state index contributed by atoms with van der Waals surface area (Å²) in [6.07, 6.45) is 0. The zero-order valence-corrected chi connectivity index (χ0v) is 17.7. The molecule has 29 heavy (non-hydrogen) atoms. The number of rotatable bonds is 4. The fourth-order valence-corrected chi connectivity index (χ4v) is 4.55. The van der Waals surface area contributed by atoms with Crippen LogP contribution in [-0.4, -0.2) is 9.55 Å². The van der Waals surface area contributed by atoms with E-state index in [-0.39, 0.29) is 17.2 Å². The zero-order valence-electron chi connectivity index (χ0n) is 16.9. The van der Waals surface area contributed by atoms with Crippen molar-refractivity contribution in [3.05, 3.63) is 79.9 Å². The molecule has 0 bridgehead atoms. The number of para-hydroxylation sites is 1. The third-order valence-corrected chi connectivity index (χ3v) is 6.09. The van der Waals surface area contributed by atoms with E-state index in [1.54, 1.807) is 10.6 Å². The van der Waals surface area contributed by atoms with Crippen LogP contribution in [0.3, 0.4) is 0 Å². The molecule has 0 fully saturated rings. The molecule has 4 aromatic rings. The molecule has 0 spiro atoms. The van der Waals surface area contributed by atoms with E-state index >= 15 is 0 Å². The molecular formula is C23H22N2O3S. The van der Waals surface area contributed by atoms with Gasteiger partial charge in [-0.1, -0.05) is 23.9 Å². The minimum atomic E-state index is -0.371. The smallest absolute Gasteiger partial charge is 0.336 e. The highest BCUT2D eigenvalue weighted by Gasteiger charge is 2.15.